The SMILES string of the molecule is CO[C@H]1C[C@H](c2nnc([C@H]3C[C@@H]3c3ccc(F)cc3)o2)N(C(C)=O)C1. The van der Waals surface area contributed by atoms with Crippen LogP contribution in [-0.4, -0.2) is 40.8 Å². The summed E-state index contributed by atoms with van der Waals surface area (Å²) in [6.45, 7) is 2.07. The third-order valence-corrected chi connectivity index (χ3v) is 5.15. The summed E-state index contributed by atoms with van der Waals surface area (Å²) in [5.74, 6) is 1.24. The van der Waals surface area contributed by atoms with Crippen molar-refractivity contribution in [3.63, 3.8) is 0 Å². The molecule has 1 saturated heterocycles. The molecule has 1 aliphatic heterocycles. The largest absolute Gasteiger partial charge is 0.423 e. The summed E-state index contributed by atoms with van der Waals surface area (Å²) < 4.78 is 24.3. The topological polar surface area (TPSA) is 68.5 Å². The molecule has 2 aliphatic rings. The second-order valence-corrected chi connectivity index (χ2v) is 6.76. The van der Waals surface area contributed by atoms with Gasteiger partial charge in [0.25, 0.3) is 0 Å². The molecule has 1 saturated carbocycles. The zero-order valence-electron chi connectivity index (χ0n) is 14.2. The zero-order valence-corrected chi connectivity index (χ0v) is 14.2. The summed E-state index contributed by atoms with van der Waals surface area (Å²) in [4.78, 5) is 13.6. The Hall–Kier alpha value is -2.28. The van der Waals surface area contributed by atoms with E-state index in [1.165, 1.54) is 19.1 Å². The van der Waals surface area contributed by atoms with Gasteiger partial charge in [-0.3, -0.25) is 4.79 Å². The molecule has 1 aliphatic carbocycles. The number of likely N-dealkylation sites (tertiary alicyclic amines) is 1. The van der Waals surface area contributed by atoms with Crippen molar-refractivity contribution in [1.82, 2.24) is 15.1 Å². The Labute approximate surface area is 145 Å². The van der Waals surface area contributed by atoms with Gasteiger partial charge in [0.1, 0.15) is 11.9 Å². The predicted octanol–water partition coefficient (Wildman–Crippen LogP) is 2.79. The maximum absolute atomic E-state index is 13.0. The molecule has 4 atom stereocenters. The molecule has 0 radical (unpaired) electrons. The van der Waals surface area contributed by atoms with Gasteiger partial charge in [-0.1, -0.05) is 12.1 Å². The van der Waals surface area contributed by atoms with Gasteiger partial charge in [0.05, 0.1) is 6.10 Å². The summed E-state index contributed by atoms with van der Waals surface area (Å²) in [6, 6.07) is 6.31. The molecule has 2 aromatic rings. The molecule has 2 fully saturated rings. The predicted molar refractivity (Wildman–Crippen MR) is 86.3 cm³/mol. The van der Waals surface area contributed by atoms with E-state index in [9.17, 15) is 9.18 Å². The van der Waals surface area contributed by atoms with Crippen molar-refractivity contribution in [2.75, 3.05) is 13.7 Å². The summed E-state index contributed by atoms with van der Waals surface area (Å²) in [6.07, 6.45) is 1.55. The van der Waals surface area contributed by atoms with E-state index in [0.29, 0.717) is 24.7 Å². The Morgan fingerprint density at radius 1 is 1.20 bits per heavy atom. The van der Waals surface area contributed by atoms with Crippen LogP contribution in [0.1, 0.15) is 55.0 Å². The highest BCUT2D eigenvalue weighted by Crippen LogP contribution is 2.54. The van der Waals surface area contributed by atoms with E-state index in [4.69, 9.17) is 9.15 Å². The van der Waals surface area contributed by atoms with Crippen LogP contribution < -0.4 is 0 Å². The highest BCUT2D eigenvalue weighted by atomic mass is 19.1. The van der Waals surface area contributed by atoms with Crippen LogP contribution in [0.2, 0.25) is 0 Å². The van der Waals surface area contributed by atoms with Crippen LogP contribution in [0.5, 0.6) is 0 Å². The first-order valence-electron chi connectivity index (χ1n) is 8.45. The second-order valence-electron chi connectivity index (χ2n) is 6.76. The number of benzene rings is 1. The van der Waals surface area contributed by atoms with Gasteiger partial charge in [-0.2, -0.15) is 0 Å². The molecule has 0 spiro atoms. The van der Waals surface area contributed by atoms with Crippen molar-refractivity contribution in [1.29, 1.82) is 0 Å². The summed E-state index contributed by atoms with van der Waals surface area (Å²) in [5.41, 5.74) is 1.08. The van der Waals surface area contributed by atoms with E-state index < -0.39 is 0 Å². The Balaban J connectivity index is 1.49. The second kappa shape index (κ2) is 6.22. The maximum Gasteiger partial charge on any atom is 0.239 e. The third kappa shape index (κ3) is 3.04. The molecule has 0 unspecified atom stereocenters. The summed E-state index contributed by atoms with van der Waals surface area (Å²) in [5, 5.41) is 8.37. The van der Waals surface area contributed by atoms with Crippen LogP contribution in [0.15, 0.2) is 28.7 Å². The fraction of sp³-hybridized carbons (Fsp3) is 0.500. The fourth-order valence-electron chi connectivity index (χ4n) is 3.63. The lowest BCUT2D eigenvalue weighted by Crippen LogP contribution is -2.29. The number of methoxy groups -OCH3 is 1. The van der Waals surface area contributed by atoms with Crippen LogP contribution in [0.4, 0.5) is 4.39 Å². The van der Waals surface area contributed by atoms with E-state index in [1.54, 1.807) is 24.1 Å². The zero-order chi connectivity index (χ0) is 17.6. The molecule has 1 aromatic carbocycles. The van der Waals surface area contributed by atoms with Crippen molar-refractivity contribution in [3.05, 3.63) is 47.4 Å². The van der Waals surface area contributed by atoms with Gasteiger partial charge in [0.15, 0.2) is 0 Å². The van der Waals surface area contributed by atoms with Crippen molar-refractivity contribution in [3.8, 4) is 0 Å². The first-order valence-corrected chi connectivity index (χ1v) is 8.45. The Morgan fingerprint density at radius 3 is 2.60 bits per heavy atom. The van der Waals surface area contributed by atoms with Gasteiger partial charge >= 0.3 is 0 Å². The van der Waals surface area contributed by atoms with Crippen LogP contribution >= 0.6 is 0 Å². The Bertz CT molecular complexity index is 776. The number of ether oxygens (including phenoxy) is 1. The number of carbonyl (C=O) groups is 1. The van der Waals surface area contributed by atoms with Crippen LogP contribution in [0.3, 0.4) is 0 Å². The van der Waals surface area contributed by atoms with Crippen LogP contribution in [0, 0.1) is 5.82 Å². The lowest BCUT2D eigenvalue weighted by atomic mass is 10.1. The van der Waals surface area contributed by atoms with Gasteiger partial charge in [-0.15, -0.1) is 10.2 Å². The molecular formula is C18H20FN3O3. The van der Waals surface area contributed by atoms with Gasteiger partial charge in [0.2, 0.25) is 17.7 Å². The molecule has 6 nitrogen and oxygen atoms in total. The number of aromatic nitrogens is 2. The minimum atomic E-state index is -0.237. The molecule has 4 rings (SSSR count). The van der Waals surface area contributed by atoms with Crippen molar-refractivity contribution >= 4 is 5.91 Å². The number of rotatable bonds is 4. The lowest BCUT2D eigenvalue weighted by molar-refractivity contribution is -0.130. The monoisotopic (exact) mass is 345 g/mol. The molecule has 132 valence electrons. The first kappa shape index (κ1) is 16.2. The molecule has 0 bridgehead atoms. The first-order chi connectivity index (χ1) is 12.1. The standard InChI is InChI=1S/C18H20FN3O3/c1-10(23)22-9-13(24-2)7-16(22)18-21-20-17(25-18)15-8-14(15)11-3-5-12(19)6-4-11/h3-6,13-16H,7-9H2,1-2H3/t13-,14+,15-,16+/m0/s1. The van der Waals surface area contributed by atoms with Gasteiger partial charge in [-0.25, -0.2) is 4.39 Å². The van der Waals surface area contributed by atoms with E-state index >= 15 is 0 Å². The number of amides is 1. The Kier molecular flexibility index (Phi) is 4.03. The molecule has 7 heteroatoms. The van der Waals surface area contributed by atoms with Crippen molar-refractivity contribution < 1.29 is 18.3 Å². The summed E-state index contributed by atoms with van der Waals surface area (Å²) >= 11 is 0. The van der Waals surface area contributed by atoms with Gasteiger partial charge < -0.3 is 14.1 Å². The third-order valence-electron chi connectivity index (χ3n) is 5.15. The van der Waals surface area contributed by atoms with Crippen molar-refractivity contribution in [2.45, 2.75) is 43.7 Å². The molecule has 2 heterocycles. The fourth-order valence-corrected chi connectivity index (χ4v) is 3.63. The molecule has 0 N–H and O–H groups in total. The highest BCUT2D eigenvalue weighted by molar-refractivity contribution is 5.74. The average Bonchev–Trinajstić information content (AvgIpc) is 3.06. The average molecular weight is 345 g/mol. The number of hydrogen-bond donors (Lipinski definition) is 0. The van der Waals surface area contributed by atoms with Gasteiger partial charge in [-0.05, 0) is 30.0 Å². The number of hydrogen-bond acceptors (Lipinski definition) is 5. The normalized spacial score (nSPS) is 28.4. The Morgan fingerprint density at radius 2 is 1.92 bits per heavy atom. The van der Waals surface area contributed by atoms with E-state index in [1.807, 2.05) is 0 Å². The maximum atomic E-state index is 13.0. The molecule has 25 heavy (non-hydrogen) atoms. The van der Waals surface area contributed by atoms with Gasteiger partial charge in [0, 0.05) is 32.9 Å². The molecular weight excluding hydrogens is 325 g/mol. The summed E-state index contributed by atoms with van der Waals surface area (Å²) in [7, 11) is 1.64. The number of halogens is 1. The van der Waals surface area contributed by atoms with E-state index in [0.717, 1.165) is 12.0 Å². The van der Waals surface area contributed by atoms with Crippen LogP contribution in [0.25, 0.3) is 0 Å². The lowest BCUT2D eigenvalue weighted by Gasteiger charge is -2.19. The van der Waals surface area contributed by atoms with E-state index in [2.05, 4.69) is 10.2 Å². The molecule has 1 aromatic heterocycles. The minimum absolute atomic E-state index is 0.0165. The highest BCUT2D eigenvalue weighted by Gasteiger charge is 2.45. The molecule has 1 amide bonds. The minimum Gasteiger partial charge on any atom is -0.423 e. The van der Waals surface area contributed by atoms with E-state index in [-0.39, 0.29) is 35.7 Å². The van der Waals surface area contributed by atoms with Crippen molar-refractivity contribution in [2.24, 2.45) is 0 Å². The quantitative estimate of drug-likeness (QED) is 0.852. The van der Waals surface area contributed by atoms with Crippen LogP contribution in [-0.2, 0) is 9.53 Å². The smallest absolute Gasteiger partial charge is 0.239 e. The number of carbonyl (C=O) groups excluding carboxylic acids is 1. The number of nitrogens with zero attached hydrogens (tertiary/aromatic N) is 3.